The van der Waals surface area contributed by atoms with Crippen LogP contribution in [0.3, 0.4) is 0 Å². The van der Waals surface area contributed by atoms with Crippen LogP contribution >= 0.6 is 0 Å². The van der Waals surface area contributed by atoms with Crippen LogP contribution in [0.2, 0.25) is 0 Å². The van der Waals surface area contributed by atoms with Gasteiger partial charge >= 0.3 is 5.97 Å². The molecule has 0 saturated carbocycles. The van der Waals surface area contributed by atoms with Crippen LogP contribution in [0, 0.1) is 6.92 Å². The van der Waals surface area contributed by atoms with E-state index in [-0.39, 0.29) is 12.4 Å². The second-order valence-corrected chi connectivity index (χ2v) is 4.64. The predicted octanol–water partition coefficient (Wildman–Crippen LogP) is 2.30. The number of ether oxygens (including phenoxy) is 1. The summed E-state index contributed by atoms with van der Waals surface area (Å²) in [6, 6.07) is 11.6. The number of hydrogen-bond acceptors (Lipinski definition) is 5. The highest BCUT2D eigenvalue weighted by molar-refractivity contribution is 5.85. The molecule has 0 saturated heterocycles. The van der Waals surface area contributed by atoms with E-state index in [0.717, 1.165) is 11.3 Å². The van der Waals surface area contributed by atoms with Crippen LogP contribution in [0.4, 0.5) is 0 Å². The van der Waals surface area contributed by atoms with Crippen molar-refractivity contribution in [1.29, 1.82) is 0 Å². The van der Waals surface area contributed by atoms with Crippen LogP contribution in [-0.2, 0) is 4.74 Å². The second kappa shape index (κ2) is 6.17. The van der Waals surface area contributed by atoms with Crippen molar-refractivity contribution in [3.8, 4) is 0 Å². The Morgan fingerprint density at radius 3 is 2.86 bits per heavy atom. The minimum absolute atomic E-state index is 0.00918. The number of aryl methyl sites for hydroxylation is 1. The average molecular weight is 294 g/mol. The van der Waals surface area contributed by atoms with E-state index in [1.54, 1.807) is 18.3 Å². The van der Waals surface area contributed by atoms with Crippen molar-refractivity contribution in [2.75, 3.05) is 6.61 Å². The Morgan fingerprint density at radius 2 is 2.09 bits per heavy atom. The molecule has 110 valence electrons. The van der Waals surface area contributed by atoms with Crippen molar-refractivity contribution in [2.24, 2.45) is 0 Å². The van der Waals surface area contributed by atoms with Crippen molar-refractivity contribution < 1.29 is 9.53 Å². The Labute approximate surface area is 127 Å². The smallest absolute Gasteiger partial charge is 0.378 e. The van der Waals surface area contributed by atoms with E-state index >= 15 is 0 Å². The summed E-state index contributed by atoms with van der Waals surface area (Å²) in [7, 11) is 0. The van der Waals surface area contributed by atoms with Gasteiger partial charge in [-0.25, -0.2) is 14.3 Å². The van der Waals surface area contributed by atoms with E-state index in [9.17, 15) is 4.79 Å². The highest BCUT2D eigenvalue weighted by Crippen LogP contribution is 2.04. The van der Waals surface area contributed by atoms with Crippen molar-refractivity contribution in [1.82, 2.24) is 19.6 Å². The summed E-state index contributed by atoms with van der Waals surface area (Å²) < 4.78 is 6.64. The lowest BCUT2D eigenvalue weighted by Crippen LogP contribution is -2.07. The lowest BCUT2D eigenvalue weighted by atomic mass is 10.2. The van der Waals surface area contributed by atoms with Crippen molar-refractivity contribution in [3.63, 3.8) is 0 Å². The SMILES string of the molecule is Cc1ccnc2nc(C(=O)OC/C=C/c3ccccc3)nn12. The number of carbonyl (C=O) groups excluding carboxylic acids is 1. The quantitative estimate of drug-likeness (QED) is 0.691. The molecule has 6 heteroatoms. The summed E-state index contributed by atoms with van der Waals surface area (Å²) in [5.74, 6) is -0.177. The molecule has 0 radical (unpaired) electrons. The largest absolute Gasteiger partial charge is 0.456 e. The molecule has 22 heavy (non-hydrogen) atoms. The van der Waals surface area contributed by atoms with Crippen molar-refractivity contribution in [2.45, 2.75) is 6.92 Å². The molecule has 0 amide bonds. The molecule has 0 atom stereocenters. The number of hydrogen-bond donors (Lipinski definition) is 0. The molecule has 0 unspecified atom stereocenters. The molecule has 0 aliphatic heterocycles. The number of fused-ring (bicyclic) bond motifs is 1. The van der Waals surface area contributed by atoms with E-state index in [1.165, 1.54) is 4.52 Å². The van der Waals surface area contributed by atoms with E-state index in [0.29, 0.717) is 5.78 Å². The third kappa shape index (κ3) is 3.01. The molecule has 6 nitrogen and oxygen atoms in total. The van der Waals surface area contributed by atoms with Gasteiger partial charge in [-0.05, 0) is 24.6 Å². The van der Waals surface area contributed by atoms with Gasteiger partial charge in [0.25, 0.3) is 11.6 Å². The maximum absolute atomic E-state index is 11.9. The van der Waals surface area contributed by atoms with Gasteiger partial charge < -0.3 is 4.74 Å². The van der Waals surface area contributed by atoms with E-state index < -0.39 is 5.97 Å². The molecular weight excluding hydrogens is 280 g/mol. The molecular formula is C16H14N4O2. The van der Waals surface area contributed by atoms with E-state index in [4.69, 9.17) is 4.74 Å². The first-order valence-corrected chi connectivity index (χ1v) is 6.81. The summed E-state index contributed by atoms with van der Waals surface area (Å²) in [6.07, 6.45) is 5.28. The minimum Gasteiger partial charge on any atom is -0.456 e. The Morgan fingerprint density at radius 1 is 1.27 bits per heavy atom. The molecule has 0 spiro atoms. The van der Waals surface area contributed by atoms with Crippen LogP contribution in [-0.4, -0.2) is 32.2 Å². The Bertz CT molecular complexity index is 825. The van der Waals surface area contributed by atoms with Crippen molar-refractivity contribution in [3.05, 3.63) is 65.8 Å². The number of nitrogens with zero attached hydrogens (tertiary/aromatic N) is 4. The zero-order chi connectivity index (χ0) is 15.4. The van der Waals surface area contributed by atoms with Gasteiger partial charge in [-0.2, -0.15) is 4.98 Å². The molecule has 0 aliphatic rings. The van der Waals surface area contributed by atoms with Gasteiger partial charge in [0.15, 0.2) is 0 Å². The van der Waals surface area contributed by atoms with Crippen LogP contribution in [0.25, 0.3) is 11.9 Å². The van der Waals surface area contributed by atoms with Gasteiger partial charge in [0.05, 0.1) is 0 Å². The molecule has 0 fully saturated rings. The van der Waals surface area contributed by atoms with E-state index in [1.807, 2.05) is 43.3 Å². The molecule has 3 aromatic rings. The summed E-state index contributed by atoms with van der Waals surface area (Å²) >= 11 is 0. The van der Waals surface area contributed by atoms with Gasteiger partial charge in [-0.1, -0.05) is 36.4 Å². The first-order chi connectivity index (χ1) is 10.7. The fourth-order valence-electron chi connectivity index (χ4n) is 1.93. The zero-order valence-electron chi connectivity index (χ0n) is 12.0. The van der Waals surface area contributed by atoms with Gasteiger partial charge in [0.1, 0.15) is 6.61 Å². The Hall–Kier alpha value is -3.02. The third-order valence-electron chi connectivity index (χ3n) is 3.03. The number of benzene rings is 1. The lowest BCUT2D eigenvalue weighted by molar-refractivity contribution is 0.0536. The van der Waals surface area contributed by atoms with Crippen LogP contribution < -0.4 is 0 Å². The van der Waals surface area contributed by atoms with Gasteiger partial charge in [-0.15, -0.1) is 5.10 Å². The predicted molar refractivity (Wildman–Crippen MR) is 81.3 cm³/mol. The average Bonchev–Trinajstić information content (AvgIpc) is 2.98. The number of aromatic nitrogens is 4. The molecule has 0 bridgehead atoms. The lowest BCUT2D eigenvalue weighted by Gasteiger charge is -1.97. The summed E-state index contributed by atoms with van der Waals surface area (Å²) in [4.78, 5) is 20.0. The maximum atomic E-state index is 11.9. The standard InChI is InChI=1S/C16H14N4O2/c1-12-9-10-17-16-18-14(19-20(12)16)15(21)22-11-5-8-13-6-3-2-4-7-13/h2-10H,11H2,1H3/b8-5+. The maximum Gasteiger partial charge on any atom is 0.378 e. The summed E-state index contributed by atoms with van der Waals surface area (Å²) in [5.41, 5.74) is 1.89. The van der Waals surface area contributed by atoms with Gasteiger partial charge in [0.2, 0.25) is 0 Å². The fourth-order valence-corrected chi connectivity index (χ4v) is 1.93. The molecule has 1 aromatic carbocycles. The molecule has 3 rings (SSSR count). The topological polar surface area (TPSA) is 69.4 Å². The molecule has 0 aliphatic carbocycles. The molecule has 2 heterocycles. The Kier molecular flexibility index (Phi) is 3.91. The fraction of sp³-hybridized carbons (Fsp3) is 0.125. The minimum atomic E-state index is -0.567. The number of carbonyl (C=O) groups is 1. The summed E-state index contributed by atoms with van der Waals surface area (Å²) in [6.45, 7) is 2.02. The van der Waals surface area contributed by atoms with Crippen LogP contribution in [0.15, 0.2) is 48.7 Å². The third-order valence-corrected chi connectivity index (χ3v) is 3.03. The van der Waals surface area contributed by atoms with Crippen LogP contribution in [0.5, 0.6) is 0 Å². The number of rotatable bonds is 4. The molecule has 2 aromatic heterocycles. The van der Waals surface area contributed by atoms with Crippen molar-refractivity contribution >= 4 is 17.8 Å². The van der Waals surface area contributed by atoms with Crippen LogP contribution in [0.1, 0.15) is 21.9 Å². The Balaban J connectivity index is 1.64. The van der Waals surface area contributed by atoms with E-state index in [2.05, 4.69) is 15.1 Å². The number of esters is 1. The monoisotopic (exact) mass is 294 g/mol. The highest BCUT2D eigenvalue weighted by Gasteiger charge is 2.15. The highest BCUT2D eigenvalue weighted by atomic mass is 16.5. The first-order valence-electron chi connectivity index (χ1n) is 6.81. The molecule has 0 N–H and O–H groups in total. The van der Waals surface area contributed by atoms with Gasteiger partial charge in [0, 0.05) is 11.9 Å². The summed E-state index contributed by atoms with van der Waals surface area (Å²) in [5, 5.41) is 4.09. The van der Waals surface area contributed by atoms with Gasteiger partial charge in [-0.3, -0.25) is 0 Å². The second-order valence-electron chi connectivity index (χ2n) is 4.64. The first kappa shape index (κ1) is 13.9. The normalized spacial score (nSPS) is 11.1. The zero-order valence-corrected chi connectivity index (χ0v) is 12.0.